The van der Waals surface area contributed by atoms with Crippen LogP contribution in [0.25, 0.3) is 0 Å². The highest BCUT2D eigenvalue weighted by Gasteiger charge is 2.27. The van der Waals surface area contributed by atoms with Crippen molar-refractivity contribution in [2.24, 2.45) is 0 Å². The van der Waals surface area contributed by atoms with Gasteiger partial charge in [-0.15, -0.1) is 11.3 Å². The zero-order chi connectivity index (χ0) is 12.0. The molecule has 0 aromatic carbocycles. The van der Waals surface area contributed by atoms with Crippen molar-refractivity contribution in [2.45, 2.75) is 19.6 Å². The molecule has 0 bridgehead atoms. The molecule has 2 nitrogen and oxygen atoms in total. The third-order valence-electron chi connectivity index (χ3n) is 1.94. The summed E-state index contributed by atoms with van der Waals surface area (Å²) in [5.74, 6) is 0. The first-order valence-electron chi connectivity index (χ1n) is 4.87. The summed E-state index contributed by atoms with van der Waals surface area (Å²) >= 11 is 1.63. The van der Waals surface area contributed by atoms with Crippen molar-refractivity contribution >= 4 is 11.3 Å². The molecule has 1 aromatic rings. The van der Waals surface area contributed by atoms with Gasteiger partial charge < -0.3 is 10.1 Å². The van der Waals surface area contributed by atoms with Gasteiger partial charge in [-0.1, -0.05) is 0 Å². The second-order valence-electron chi connectivity index (χ2n) is 3.37. The maximum atomic E-state index is 11.7. The number of ether oxygens (including phenoxy) is 1. The molecule has 0 radical (unpaired) electrons. The molecule has 1 rings (SSSR count). The average molecular weight is 253 g/mol. The molecule has 16 heavy (non-hydrogen) atoms. The summed E-state index contributed by atoms with van der Waals surface area (Å²) in [4.78, 5) is 1.20. The van der Waals surface area contributed by atoms with Crippen LogP contribution < -0.4 is 5.32 Å². The van der Waals surface area contributed by atoms with Crippen LogP contribution in [0.1, 0.15) is 10.4 Å². The topological polar surface area (TPSA) is 21.3 Å². The third kappa shape index (κ3) is 5.48. The number of alkyl halides is 3. The van der Waals surface area contributed by atoms with E-state index < -0.39 is 12.8 Å². The van der Waals surface area contributed by atoms with Gasteiger partial charge in [-0.2, -0.15) is 13.2 Å². The fraction of sp³-hybridized carbons (Fsp3) is 0.600. The van der Waals surface area contributed by atoms with Crippen LogP contribution in [0.2, 0.25) is 0 Å². The largest absolute Gasteiger partial charge is 0.411 e. The van der Waals surface area contributed by atoms with Gasteiger partial charge in [0.2, 0.25) is 0 Å². The number of hydrogen-bond donors (Lipinski definition) is 1. The van der Waals surface area contributed by atoms with E-state index in [0.717, 1.165) is 0 Å². The predicted molar refractivity (Wildman–Crippen MR) is 57.6 cm³/mol. The van der Waals surface area contributed by atoms with E-state index in [1.165, 1.54) is 10.4 Å². The standard InChI is InChI=1S/C10H14F3NOS/c1-8-2-5-16-9(8)6-14-3-4-15-7-10(11,12)13/h2,5,14H,3-4,6-7H2,1H3. The van der Waals surface area contributed by atoms with Gasteiger partial charge in [0.25, 0.3) is 0 Å². The van der Waals surface area contributed by atoms with Crippen molar-refractivity contribution in [1.29, 1.82) is 0 Å². The number of halogens is 3. The van der Waals surface area contributed by atoms with Gasteiger partial charge in [0.1, 0.15) is 6.61 Å². The monoisotopic (exact) mass is 253 g/mol. The van der Waals surface area contributed by atoms with Crippen molar-refractivity contribution in [1.82, 2.24) is 5.32 Å². The van der Waals surface area contributed by atoms with Crippen molar-refractivity contribution in [3.05, 3.63) is 21.9 Å². The van der Waals surface area contributed by atoms with Gasteiger partial charge in [-0.3, -0.25) is 0 Å². The Morgan fingerprint density at radius 3 is 2.75 bits per heavy atom. The quantitative estimate of drug-likeness (QED) is 0.787. The molecule has 0 aliphatic carbocycles. The molecule has 0 saturated heterocycles. The maximum absolute atomic E-state index is 11.7. The van der Waals surface area contributed by atoms with Gasteiger partial charge in [-0.05, 0) is 23.9 Å². The van der Waals surface area contributed by atoms with Crippen LogP contribution in [0.3, 0.4) is 0 Å². The first-order valence-corrected chi connectivity index (χ1v) is 5.75. The van der Waals surface area contributed by atoms with E-state index in [-0.39, 0.29) is 6.61 Å². The summed E-state index contributed by atoms with van der Waals surface area (Å²) in [7, 11) is 0. The molecular weight excluding hydrogens is 239 g/mol. The van der Waals surface area contributed by atoms with Crippen LogP contribution in [0.4, 0.5) is 13.2 Å². The highest BCUT2D eigenvalue weighted by Crippen LogP contribution is 2.15. The minimum absolute atomic E-state index is 0.0733. The Bertz CT molecular complexity index is 311. The lowest BCUT2D eigenvalue weighted by molar-refractivity contribution is -0.173. The van der Waals surface area contributed by atoms with Gasteiger partial charge in [0, 0.05) is 18.0 Å². The molecule has 0 fully saturated rings. The molecule has 0 amide bonds. The minimum atomic E-state index is -4.23. The summed E-state index contributed by atoms with van der Waals surface area (Å²) in [6.07, 6.45) is -4.23. The van der Waals surface area contributed by atoms with Crippen LogP contribution in [-0.2, 0) is 11.3 Å². The Kier molecular flexibility index (Phi) is 5.24. The maximum Gasteiger partial charge on any atom is 0.411 e. The fourth-order valence-electron chi connectivity index (χ4n) is 1.12. The highest BCUT2D eigenvalue weighted by atomic mass is 32.1. The molecule has 0 aliphatic rings. The summed E-state index contributed by atoms with van der Waals surface area (Å²) in [6.45, 7) is 2.01. The van der Waals surface area contributed by atoms with Crippen LogP contribution in [-0.4, -0.2) is 25.9 Å². The van der Waals surface area contributed by atoms with Crippen LogP contribution in [0.15, 0.2) is 11.4 Å². The number of thiophene rings is 1. The molecule has 0 aliphatic heterocycles. The molecule has 1 aromatic heterocycles. The van der Waals surface area contributed by atoms with Gasteiger partial charge in [0.15, 0.2) is 0 Å². The van der Waals surface area contributed by atoms with Crippen molar-refractivity contribution in [3.8, 4) is 0 Å². The van der Waals surface area contributed by atoms with Crippen molar-refractivity contribution < 1.29 is 17.9 Å². The van der Waals surface area contributed by atoms with E-state index in [0.29, 0.717) is 13.1 Å². The fourth-order valence-corrected chi connectivity index (χ4v) is 2.00. The summed E-state index contributed by atoms with van der Waals surface area (Å²) in [5.41, 5.74) is 1.20. The summed E-state index contributed by atoms with van der Waals surface area (Å²) < 4.78 is 39.6. The Balaban J connectivity index is 2.03. The molecular formula is C10H14F3NOS. The number of nitrogens with one attached hydrogen (secondary N) is 1. The Morgan fingerprint density at radius 2 is 2.19 bits per heavy atom. The Hall–Kier alpha value is -0.590. The summed E-state index contributed by atoms with van der Waals surface area (Å²) in [5, 5.41) is 5.03. The van der Waals surface area contributed by atoms with E-state index >= 15 is 0 Å². The lowest BCUT2D eigenvalue weighted by Gasteiger charge is -2.08. The van der Waals surface area contributed by atoms with E-state index in [4.69, 9.17) is 0 Å². The summed E-state index contributed by atoms with van der Waals surface area (Å²) in [6, 6.07) is 2.02. The van der Waals surface area contributed by atoms with Crippen molar-refractivity contribution in [2.75, 3.05) is 19.8 Å². The van der Waals surface area contributed by atoms with E-state index in [9.17, 15) is 13.2 Å². The van der Waals surface area contributed by atoms with Crippen LogP contribution in [0, 0.1) is 6.92 Å². The van der Waals surface area contributed by atoms with Gasteiger partial charge >= 0.3 is 6.18 Å². The second kappa shape index (κ2) is 6.22. The highest BCUT2D eigenvalue weighted by molar-refractivity contribution is 7.10. The first-order chi connectivity index (χ1) is 7.49. The average Bonchev–Trinajstić information content (AvgIpc) is 2.56. The Labute approximate surface area is 96.4 Å². The SMILES string of the molecule is Cc1ccsc1CNCCOCC(F)(F)F. The molecule has 0 atom stereocenters. The molecule has 1 heterocycles. The lowest BCUT2D eigenvalue weighted by Crippen LogP contribution is -2.23. The molecule has 1 N–H and O–H groups in total. The first kappa shape index (κ1) is 13.5. The molecule has 92 valence electrons. The molecule has 0 spiro atoms. The molecule has 0 saturated carbocycles. The zero-order valence-corrected chi connectivity index (χ0v) is 9.75. The van der Waals surface area contributed by atoms with Crippen LogP contribution >= 0.6 is 11.3 Å². The normalized spacial score (nSPS) is 12.0. The molecule has 0 unspecified atom stereocenters. The molecule has 6 heteroatoms. The number of aryl methyl sites for hydroxylation is 1. The lowest BCUT2D eigenvalue weighted by atomic mass is 10.3. The van der Waals surface area contributed by atoms with Crippen molar-refractivity contribution in [3.63, 3.8) is 0 Å². The van der Waals surface area contributed by atoms with E-state index in [2.05, 4.69) is 10.1 Å². The van der Waals surface area contributed by atoms with Gasteiger partial charge in [0.05, 0.1) is 6.61 Å². The zero-order valence-electron chi connectivity index (χ0n) is 8.93. The Morgan fingerprint density at radius 1 is 1.44 bits per heavy atom. The number of rotatable bonds is 6. The van der Waals surface area contributed by atoms with E-state index in [1.54, 1.807) is 11.3 Å². The number of hydrogen-bond acceptors (Lipinski definition) is 3. The van der Waals surface area contributed by atoms with Crippen LogP contribution in [0.5, 0.6) is 0 Å². The van der Waals surface area contributed by atoms with Gasteiger partial charge in [-0.25, -0.2) is 0 Å². The second-order valence-corrected chi connectivity index (χ2v) is 4.37. The minimum Gasteiger partial charge on any atom is -0.371 e. The smallest absolute Gasteiger partial charge is 0.371 e. The van der Waals surface area contributed by atoms with E-state index in [1.807, 2.05) is 18.4 Å². The predicted octanol–water partition coefficient (Wildman–Crippen LogP) is 2.73. The third-order valence-corrected chi connectivity index (χ3v) is 2.97.